The van der Waals surface area contributed by atoms with Crippen LogP contribution < -0.4 is 4.74 Å². The van der Waals surface area contributed by atoms with E-state index in [0.29, 0.717) is 6.42 Å². The average molecular weight is 250 g/mol. The van der Waals surface area contributed by atoms with E-state index in [1.54, 1.807) is 19.4 Å². The standard InChI is InChI=1S/C12H14N2O2S/c1-3-14-7-9(6-13-14)4-11(15)12-5-10(16-2)8-17-12/h5-8H,3-4H2,1-2H3. The van der Waals surface area contributed by atoms with E-state index in [2.05, 4.69) is 5.10 Å². The van der Waals surface area contributed by atoms with Crippen LogP contribution in [0.1, 0.15) is 22.2 Å². The molecule has 2 aromatic heterocycles. The summed E-state index contributed by atoms with van der Waals surface area (Å²) in [6.07, 6.45) is 4.04. The lowest BCUT2D eigenvalue weighted by molar-refractivity contribution is 0.0996. The van der Waals surface area contributed by atoms with Crippen molar-refractivity contribution in [2.75, 3.05) is 7.11 Å². The molecule has 0 bridgehead atoms. The summed E-state index contributed by atoms with van der Waals surface area (Å²) >= 11 is 1.41. The highest BCUT2D eigenvalue weighted by atomic mass is 32.1. The van der Waals surface area contributed by atoms with Gasteiger partial charge in [-0.1, -0.05) is 0 Å². The van der Waals surface area contributed by atoms with Gasteiger partial charge in [-0.05, 0) is 12.5 Å². The molecule has 17 heavy (non-hydrogen) atoms. The number of carbonyl (C=O) groups is 1. The Kier molecular flexibility index (Phi) is 3.58. The monoisotopic (exact) mass is 250 g/mol. The molecule has 2 rings (SSSR count). The predicted molar refractivity (Wildman–Crippen MR) is 66.8 cm³/mol. The Balaban J connectivity index is 2.05. The molecule has 0 fully saturated rings. The highest BCUT2D eigenvalue weighted by Crippen LogP contribution is 2.22. The number of aryl methyl sites for hydroxylation is 1. The number of nitrogens with zero attached hydrogens (tertiary/aromatic N) is 2. The van der Waals surface area contributed by atoms with Gasteiger partial charge in [-0.3, -0.25) is 9.48 Å². The minimum absolute atomic E-state index is 0.106. The van der Waals surface area contributed by atoms with E-state index in [4.69, 9.17) is 4.74 Å². The molecular weight excluding hydrogens is 236 g/mol. The molecule has 0 amide bonds. The molecule has 90 valence electrons. The molecule has 0 aliphatic heterocycles. The molecule has 0 unspecified atom stereocenters. The second-order valence-electron chi connectivity index (χ2n) is 3.66. The van der Waals surface area contributed by atoms with E-state index >= 15 is 0 Å². The first kappa shape index (κ1) is 11.9. The molecule has 0 radical (unpaired) electrons. The number of aromatic nitrogens is 2. The first-order valence-electron chi connectivity index (χ1n) is 5.40. The fourth-order valence-electron chi connectivity index (χ4n) is 1.52. The molecule has 0 saturated heterocycles. The Hall–Kier alpha value is -1.62. The third kappa shape index (κ3) is 2.74. The minimum Gasteiger partial charge on any atom is -0.496 e. The minimum atomic E-state index is 0.106. The molecule has 0 aliphatic rings. The highest BCUT2D eigenvalue weighted by molar-refractivity contribution is 7.12. The molecule has 0 aliphatic carbocycles. The SMILES string of the molecule is CCn1cc(CC(=O)c2cc(OC)cs2)cn1. The van der Waals surface area contributed by atoms with E-state index in [-0.39, 0.29) is 5.78 Å². The molecular formula is C12H14N2O2S. The first-order valence-corrected chi connectivity index (χ1v) is 6.28. The zero-order valence-corrected chi connectivity index (χ0v) is 10.7. The van der Waals surface area contributed by atoms with Crippen molar-refractivity contribution in [1.82, 2.24) is 9.78 Å². The van der Waals surface area contributed by atoms with Crippen molar-refractivity contribution in [3.63, 3.8) is 0 Å². The molecule has 0 N–H and O–H groups in total. The summed E-state index contributed by atoms with van der Waals surface area (Å²) in [5.74, 6) is 0.844. The van der Waals surface area contributed by atoms with Crippen LogP contribution in [-0.2, 0) is 13.0 Å². The maximum Gasteiger partial charge on any atom is 0.177 e. The number of ketones is 1. The Morgan fingerprint density at radius 1 is 1.59 bits per heavy atom. The number of hydrogen-bond acceptors (Lipinski definition) is 4. The van der Waals surface area contributed by atoms with Gasteiger partial charge in [0.25, 0.3) is 0 Å². The lowest BCUT2D eigenvalue weighted by Gasteiger charge is -1.95. The Bertz CT molecular complexity index is 516. The number of methoxy groups -OCH3 is 1. The Morgan fingerprint density at radius 3 is 3.00 bits per heavy atom. The van der Waals surface area contributed by atoms with Crippen molar-refractivity contribution in [3.05, 3.63) is 34.3 Å². The average Bonchev–Trinajstić information content (AvgIpc) is 2.96. The van der Waals surface area contributed by atoms with Crippen molar-refractivity contribution >= 4 is 17.1 Å². The smallest absolute Gasteiger partial charge is 0.177 e. The molecule has 2 heterocycles. The van der Waals surface area contributed by atoms with E-state index in [1.165, 1.54) is 11.3 Å². The maximum absolute atomic E-state index is 12.0. The van der Waals surface area contributed by atoms with Crippen LogP contribution in [-0.4, -0.2) is 22.7 Å². The van der Waals surface area contributed by atoms with E-state index in [1.807, 2.05) is 23.2 Å². The van der Waals surface area contributed by atoms with Gasteiger partial charge in [0, 0.05) is 30.6 Å². The normalized spacial score (nSPS) is 10.5. The van der Waals surface area contributed by atoms with Gasteiger partial charge < -0.3 is 4.74 Å². The molecule has 4 nitrogen and oxygen atoms in total. The molecule has 2 aromatic rings. The third-order valence-corrected chi connectivity index (χ3v) is 3.41. The van der Waals surface area contributed by atoms with Crippen molar-refractivity contribution in [1.29, 1.82) is 0 Å². The third-order valence-electron chi connectivity index (χ3n) is 2.46. The molecule has 0 spiro atoms. The summed E-state index contributed by atoms with van der Waals surface area (Å²) in [5, 5.41) is 5.98. The van der Waals surface area contributed by atoms with Crippen LogP contribution >= 0.6 is 11.3 Å². The van der Waals surface area contributed by atoms with Gasteiger partial charge in [0.05, 0.1) is 18.2 Å². The zero-order chi connectivity index (χ0) is 12.3. The number of hydrogen-bond donors (Lipinski definition) is 0. The topological polar surface area (TPSA) is 44.1 Å². The van der Waals surface area contributed by atoms with Crippen LogP contribution in [0.15, 0.2) is 23.8 Å². The summed E-state index contributed by atoms with van der Waals surface area (Å²) in [6, 6.07) is 1.78. The van der Waals surface area contributed by atoms with Gasteiger partial charge >= 0.3 is 0 Å². The van der Waals surface area contributed by atoms with E-state index in [0.717, 1.165) is 22.7 Å². The van der Waals surface area contributed by atoms with Crippen molar-refractivity contribution in [3.8, 4) is 5.75 Å². The highest BCUT2D eigenvalue weighted by Gasteiger charge is 2.11. The number of carbonyl (C=O) groups excluding carboxylic acids is 1. The van der Waals surface area contributed by atoms with Crippen LogP contribution in [0.4, 0.5) is 0 Å². The van der Waals surface area contributed by atoms with Crippen LogP contribution in [0, 0.1) is 0 Å². The van der Waals surface area contributed by atoms with Gasteiger partial charge in [0.15, 0.2) is 5.78 Å². The quantitative estimate of drug-likeness (QED) is 0.765. The largest absolute Gasteiger partial charge is 0.496 e. The van der Waals surface area contributed by atoms with Gasteiger partial charge in [-0.15, -0.1) is 11.3 Å². The first-order chi connectivity index (χ1) is 8.22. The lowest BCUT2D eigenvalue weighted by Crippen LogP contribution is -2.00. The van der Waals surface area contributed by atoms with Crippen LogP contribution in [0.2, 0.25) is 0 Å². The molecule has 0 atom stereocenters. The summed E-state index contributed by atoms with van der Waals surface area (Å²) in [7, 11) is 1.60. The number of thiophene rings is 1. The number of ether oxygens (including phenoxy) is 1. The molecule has 0 aromatic carbocycles. The van der Waals surface area contributed by atoms with Crippen LogP contribution in [0.3, 0.4) is 0 Å². The van der Waals surface area contributed by atoms with Crippen molar-refractivity contribution in [2.24, 2.45) is 0 Å². The van der Waals surface area contributed by atoms with Crippen LogP contribution in [0.5, 0.6) is 5.75 Å². The van der Waals surface area contributed by atoms with E-state index < -0.39 is 0 Å². The molecule has 0 saturated carbocycles. The predicted octanol–water partition coefficient (Wildman–Crippen LogP) is 2.40. The Labute approximate surface area is 104 Å². The number of rotatable bonds is 5. The number of Topliss-reactive ketones (excluding diaryl/α,β-unsaturated/α-hetero) is 1. The fraction of sp³-hybridized carbons (Fsp3) is 0.333. The lowest BCUT2D eigenvalue weighted by atomic mass is 10.1. The Morgan fingerprint density at radius 2 is 2.41 bits per heavy atom. The van der Waals surface area contributed by atoms with Gasteiger partial charge in [-0.25, -0.2) is 0 Å². The summed E-state index contributed by atoms with van der Waals surface area (Å²) in [4.78, 5) is 12.7. The zero-order valence-electron chi connectivity index (χ0n) is 9.84. The summed E-state index contributed by atoms with van der Waals surface area (Å²) < 4.78 is 6.88. The second-order valence-corrected chi connectivity index (χ2v) is 4.57. The van der Waals surface area contributed by atoms with Gasteiger partial charge in [-0.2, -0.15) is 5.10 Å². The fourth-order valence-corrected chi connectivity index (χ4v) is 2.31. The van der Waals surface area contributed by atoms with Crippen molar-refractivity contribution in [2.45, 2.75) is 19.9 Å². The maximum atomic E-state index is 12.0. The summed E-state index contributed by atoms with van der Waals surface area (Å²) in [6.45, 7) is 2.84. The van der Waals surface area contributed by atoms with Crippen LogP contribution in [0.25, 0.3) is 0 Å². The van der Waals surface area contributed by atoms with Crippen molar-refractivity contribution < 1.29 is 9.53 Å². The molecule has 5 heteroatoms. The summed E-state index contributed by atoms with van der Waals surface area (Å²) in [5.41, 5.74) is 0.948. The van der Waals surface area contributed by atoms with E-state index in [9.17, 15) is 4.79 Å². The van der Waals surface area contributed by atoms with Gasteiger partial charge in [0.2, 0.25) is 0 Å². The second kappa shape index (κ2) is 5.14. The van der Waals surface area contributed by atoms with Gasteiger partial charge in [0.1, 0.15) is 5.75 Å².